The van der Waals surface area contributed by atoms with Gasteiger partial charge >= 0.3 is 0 Å². The number of carbonyl (C=O) groups excluding carboxylic acids is 2. The van der Waals surface area contributed by atoms with E-state index in [9.17, 15) is 9.59 Å². The molecule has 0 radical (unpaired) electrons. The quantitative estimate of drug-likeness (QED) is 0.0545. The molecule has 4 aliphatic rings. The van der Waals surface area contributed by atoms with Crippen LogP contribution in [0.5, 0.6) is 0 Å². The minimum absolute atomic E-state index is 0.0191. The SMILES string of the molecule is CC(C)N1CCN(c2ccc(Nc3ccc(-c4ccc5nccnc5c4)n4ccnc34)cc2)CC1.CCN1CCCC1CNC(=O)c1ccc(Nc2ccc(-c3ccc4c(c3)CNC4=O)n3ccnc23)cc1.Cc1cc(-c2ccc(Nc3ccc(N4CCN(C(C)C)CC4)cc3)c3nccn23)cc(C(C)C)c1. The highest BCUT2D eigenvalue weighted by Gasteiger charge is 2.26. The van der Waals surface area contributed by atoms with Crippen LogP contribution < -0.4 is 36.4 Å². The van der Waals surface area contributed by atoms with Crippen molar-refractivity contribution in [2.75, 3.05) is 97.7 Å². The molecule has 5 N–H and O–H groups in total. The van der Waals surface area contributed by atoms with Crippen LogP contribution in [0.25, 0.3) is 61.7 Å². The predicted octanol–water partition coefficient (Wildman–Crippen LogP) is 16.1. The number of pyridine rings is 3. The average Bonchev–Trinajstić information content (AvgIpc) is 1.71. The molecule has 0 bridgehead atoms. The van der Waals surface area contributed by atoms with E-state index in [0.29, 0.717) is 42.7 Å². The number of amides is 2. The Morgan fingerprint density at radius 3 is 1.49 bits per heavy atom. The van der Waals surface area contributed by atoms with Crippen molar-refractivity contribution in [1.82, 2.24) is 63.5 Å². The van der Waals surface area contributed by atoms with E-state index < -0.39 is 0 Å². The van der Waals surface area contributed by atoms with Gasteiger partial charge in [0.15, 0.2) is 16.9 Å². The van der Waals surface area contributed by atoms with Gasteiger partial charge in [-0.3, -0.25) is 47.5 Å². The second-order valence-electron chi connectivity index (χ2n) is 29.3. The van der Waals surface area contributed by atoms with Gasteiger partial charge in [-0.1, -0.05) is 44.5 Å². The minimum Gasteiger partial charge on any atom is -0.369 e. The van der Waals surface area contributed by atoms with Gasteiger partial charge in [-0.2, -0.15) is 0 Å². The maximum Gasteiger partial charge on any atom is 0.251 e. The Morgan fingerprint density at radius 1 is 0.495 bits per heavy atom. The Morgan fingerprint density at radius 2 is 0.981 bits per heavy atom. The fraction of sp³-hybridized carbons (Fsp3) is 0.299. The van der Waals surface area contributed by atoms with Gasteiger partial charge in [-0.05, 0) is 234 Å². The van der Waals surface area contributed by atoms with Gasteiger partial charge in [0.1, 0.15) is 0 Å². The van der Waals surface area contributed by atoms with Gasteiger partial charge in [0.05, 0.1) is 45.2 Å². The van der Waals surface area contributed by atoms with Crippen molar-refractivity contribution in [1.29, 1.82) is 0 Å². The molecular formula is C87H96N18O2. The molecule has 1 unspecified atom stereocenters. The Kier molecular flexibility index (Phi) is 21.1. The van der Waals surface area contributed by atoms with Crippen LogP contribution in [0.3, 0.4) is 0 Å². The summed E-state index contributed by atoms with van der Waals surface area (Å²) in [4.78, 5) is 59.8. The van der Waals surface area contributed by atoms with Gasteiger partial charge in [0, 0.05) is 178 Å². The fourth-order valence-corrected chi connectivity index (χ4v) is 15.4. The molecule has 3 fully saturated rings. The number of imidazole rings is 3. The lowest BCUT2D eigenvalue weighted by atomic mass is 9.96. The number of benzene rings is 6. The number of aromatic nitrogens is 8. The van der Waals surface area contributed by atoms with Gasteiger partial charge in [0.2, 0.25) is 0 Å². The molecule has 20 heteroatoms. The monoisotopic (exact) mass is 1420 g/mol. The Bertz CT molecular complexity index is 5280. The Balaban J connectivity index is 0.000000128. The molecule has 2 amide bonds. The Labute approximate surface area is 626 Å². The number of hydrogen-bond acceptors (Lipinski definition) is 15. The van der Waals surface area contributed by atoms with Gasteiger partial charge in [0.25, 0.3) is 11.8 Å². The van der Waals surface area contributed by atoms with Crippen molar-refractivity contribution in [3.63, 3.8) is 0 Å². The molecule has 7 aromatic heterocycles. The zero-order valence-corrected chi connectivity index (χ0v) is 62.5. The molecule has 4 aliphatic heterocycles. The normalized spacial score (nSPS) is 15.6. The molecule has 546 valence electrons. The lowest BCUT2D eigenvalue weighted by Gasteiger charge is -2.38. The predicted molar refractivity (Wildman–Crippen MR) is 435 cm³/mol. The van der Waals surface area contributed by atoms with Crippen molar-refractivity contribution < 1.29 is 9.59 Å². The van der Waals surface area contributed by atoms with Crippen molar-refractivity contribution in [2.45, 2.75) is 98.8 Å². The lowest BCUT2D eigenvalue weighted by Crippen LogP contribution is -2.48. The van der Waals surface area contributed by atoms with Crippen LogP contribution in [-0.4, -0.2) is 155 Å². The highest BCUT2D eigenvalue weighted by atomic mass is 16.2. The second kappa shape index (κ2) is 31.7. The molecule has 3 saturated heterocycles. The molecule has 0 saturated carbocycles. The number of nitrogens with one attached hydrogen (secondary N) is 5. The summed E-state index contributed by atoms with van der Waals surface area (Å²) >= 11 is 0. The largest absolute Gasteiger partial charge is 0.369 e. The van der Waals surface area contributed by atoms with Gasteiger partial charge in [-0.15, -0.1) is 0 Å². The Hall–Kier alpha value is -11.5. The highest BCUT2D eigenvalue weighted by molar-refractivity contribution is 5.99. The molecule has 6 aromatic carbocycles. The summed E-state index contributed by atoms with van der Waals surface area (Å²) in [5.41, 5.74) is 24.4. The minimum atomic E-state index is -0.0410. The second-order valence-corrected chi connectivity index (χ2v) is 29.3. The zero-order valence-electron chi connectivity index (χ0n) is 62.5. The molecular weight excluding hydrogens is 1330 g/mol. The smallest absolute Gasteiger partial charge is 0.251 e. The van der Waals surface area contributed by atoms with E-state index in [4.69, 9.17) is 0 Å². The van der Waals surface area contributed by atoms with Crippen LogP contribution in [0, 0.1) is 6.92 Å². The van der Waals surface area contributed by atoms with E-state index in [-0.39, 0.29) is 11.8 Å². The highest BCUT2D eigenvalue weighted by Crippen LogP contribution is 2.35. The van der Waals surface area contributed by atoms with Gasteiger partial charge in [-0.25, -0.2) is 15.0 Å². The standard InChI is InChI=1S/C30H37N5.C29H30N6O2.C28H29N7/c1-21(2)24-18-23(5)19-25(20-24)29-11-10-28(30-31-12-13-35(29)30)32-26-6-8-27(9-7-26)34-16-14-33(15-17-34)22(3)4;1-2-34-14-3-4-23(34)18-32-28(36)19-5-8-22(9-6-19)33-25-11-12-26(35-15-13-30-27(25)35)20-7-10-24-21(16-20)17-31-29(24)37;1-20(2)33-15-17-34(18-16-33)23-6-4-22(5-7-23)32-25-9-10-27(35-14-13-31-28(25)35)21-3-8-24-26(19-21)30-12-11-29-24/h6-13,18-22,32H,14-17H2,1-5H3;5-13,15-16,23,33H,2-4,14,17-18H2,1H3,(H,31,37)(H,32,36);3-14,19-20,32H,15-18H2,1-2H3. The summed E-state index contributed by atoms with van der Waals surface area (Å²) in [5, 5.41) is 16.6. The van der Waals surface area contributed by atoms with Crippen LogP contribution in [0.15, 0.2) is 213 Å². The summed E-state index contributed by atoms with van der Waals surface area (Å²) in [6, 6.07) is 58.3. The van der Waals surface area contributed by atoms with Crippen molar-refractivity contribution in [2.24, 2.45) is 0 Å². The van der Waals surface area contributed by atoms with E-state index >= 15 is 0 Å². The number of carbonyl (C=O) groups is 2. The summed E-state index contributed by atoms with van der Waals surface area (Å²) in [7, 11) is 0. The van der Waals surface area contributed by atoms with Crippen LogP contribution in [0.1, 0.15) is 105 Å². The zero-order chi connectivity index (χ0) is 73.7. The number of nitrogens with zero attached hydrogens (tertiary/aromatic N) is 13. The first-order valence-electron chi connectivity index (χ1n) is 37.9. The molecule has 0 spiro atoms. The number of hydrogen-bond donors (Lipinski definition) is 5. The maximum atomic E-state index is 12.7. The summed E-state index contributed by atoms with van der Waals surface area (Å²) in [6.07, 6.45) is 17.3. The number of likely N-dealkylation sites (tertiary alicyclic amines) is 1. The fourth-order valence-electron chi connectivity index (χ4n) is 15.4. The maximum absolute atomic E-state index is 12.7. The topological polar surface area (TPSA) is 188 Å². The molecule has 0 aliphatic carbocycles. The van der Waals surface area contributed by atoms with Gasteiger partial charge < -0.3 is 36.4 Å². The first-order valence-corrected chi connectivity index (χ1v) is 37.9. The lowest BCUT2D eigenvalue weighted by molar-refractivity contribution is 0.0939. The van der Waals surface area contributed by atoms with Crippen LogP contribution >= 0.6 is 0 Å². The van der Waals surface area contributed by atoms with E-state index in [0.717, 1.165) is 173 Å². The van der Waals surface area contributed by atoms with Crippen molar-refractivity contribution in [3.05, 3.63) is 241 Å². The average molecular weight is 1430 g/mol. The van der Waals surface area contributed by atoms with Crippen LogP contribution in [-0.2, 0) is 6.54 Å². The first kappa shape index (κ1) is 71.2. The number of piperazine rings is 2. The van der Waals surface area contributed by atoms with E-state index in [1.807, 2.05) is 90.0 Å². The number of fused-ring (bicyclic) bond motifs is 5. The molecule has 17 rings (SSSR count). The first-order chi connectivity index (χ1) is 52.1. The molecule has 13 aromatic rings. The van der Waals surface area contributed by atoms with E-state index in [1.54, 1.807) is 18.6 Å². The van der Waals surface area contributed by atoms with E-state index in [2.05, 4.69) is 249 Å². The van der Waals surface area contributed by atoms with Crippen LogP contribution in [0.4, 0.5) is 45.5 Å². The number of likely N-dealkylation sites (N-methyl/N-ethyl adjacent to an activating group) is 1. The molecule has 107 heavy (non-hydrogen) atoms. The summed E-state index contributed by atoms with van der Waals surface area (Å²) in [6.45, 7) is 30.1. The number of rotatable bonds is 18. The molecule has 11 heterocycles. The third-order valence-corrected chi connectivity index (χ3v) is 21.5. The third kappa shape index (κ3) is 15.8. The third-order valence-electron chi connectivity index (χ3n) is 21.5. The van der Waals surface area contributed by atoms with Crippen molar-refractivity contribution in [3.8, 4) is 33.8 Å². The summed E-state index contributed by atoms with van der Waals surface area (Å²) in [5.74, 6) is 0.435. The number of aryl methyl sites for hydroxylation is 1. The van der Waals surface area contributed by atoms with Crippen molar-refractivity contribution >= 4 is 85.3 Å². The summed E-state index contributed by atoms with van der Waals surface area (Å²) < 4.78 is 6.34. The van der Waals surface area contributed by atoms with Crippen LogP contribution in [0.2, 0.25) is 0 Å². The van der Waals surface area contributed by atoms with E-state index in [1.165, 1.54) is 34.5 Å². The molecule has 20 nitrogen and oxygen atoms in total. The number of anilines is 8. The molecule has 1 atom stereocenters.